The maximum Gasteiger partial charge on any atom is 0.328 e. The Balaban J connectivity index is 1.97. The van der Waals surface area contributed by atoms with Gasteiger partial charge in [-0.25, -0.2) is 4.79 Å². The molecular formula is C14H20N4O3. The first-order valence-corrected chi connectivity index (χ1v) is 6.93. The predicted octanol–water partition coefficient (Wildman–Crippen LogP) is 0.527. The normalized spacial score (nSPS) is 11.2. The Hall–Kier alpha value is -2.15. The first kappa shape index (κ1) is 15.2. The molecule has 0 atom stereocenters. The van der Waals surface area contributed by atoms with E-state index in [9.17, 15) is 9.59 Å². The number of nitrogens with one attached hydrogen (secondary N) is 1. The van der Waals surface area contributed by atoms with Gasteiger partial charge in [-0.05, 0) is 20.4 Å². The molecule has 0 saturated carbocycles. The van der Waals surface area contributed by atoms with E-state index in [1.165, 1.54) is 10.6 Å². The van der Waals surface area contributed by atoms with Crippen molar-refractivity contribution in [2.45, 2.75) is 33.4 Å². The summed E-state index contributed by atoms with van der Waals surface area (Å²) in [6.45, 7) is 5.19. The van der Waals surface area contributed by atoms with Crippen molar-refractivity contribution < 1.29 is 4.52 Å². The van der Waals surface area contributed by atoms with Crippen LogP contribution in [0.2, 0.25) is 0 Å². The van der Waals surface area contributed by atoms with Gasteiger partial charge in [0.1, 0.15) is 0 Å². The average molecular weight is 292 g/mol. The van der Waals surface area contributed by atoms with Gasteiger partial charge in [-0.15, -0.1) is 0 Å². The standard InChI is InChI=1S/C14H20N4O3/c1-4-11-8-12(21-16-11)9-17(3)5-6-18-13(19)7-10(2)15-14(18)20/h7-8H,4-6,9H2,1-3H3,(H,15,20). The Labute approximate surface area is 122 Å². The molecule has 2 aromatic rings. The molecule has 0 aromatic carbocycles. The fourth-order valence-corrected chi connectivity index (χ4v) is 2.06. The van der Waals surface area contributed by atoms with Crippen LogP contribution in [0.15, 0.2) is 26.2 Å². The van der Waals surface area contributed by atoms with Crippen molar-refractivity contribution in [1.82, 2.24) is 19.6 Å². The topological polar surface area (TPSA) is 84.1 Å². The van der Waals surface area contributed by atoms with Crippen LogP contribution in [0.4, 0.5) is 0 Å². The van der Waals surface area contributed by atoms with Crippen molar-refractivity contribution in [1.29, 1.82) is 0 Å². The van der Waals surface area contributed by atoms with Gasteiger partial charge in [-0.2, -0.15) is 0 Å². The minimum absolute atomic E-state index is 0.280. The third kappa shape index (κ3) is 3.91. The van der Waals surface area contributed by atoms with Gasteiger partial charge in [0, 0.05) is 30.9 Å². The summed E-state index contributed by atoms with van der Waals surface area (Å²) in [6, 6.07) is 3.34. The van der Waals surface area contributed by atoms with Gasteiger partial charge >= 0.3 is 5.69 Å². The fourth-order valence-electron chi connectivity index (χ4n) is 2.06. The first-order valence-electron chi connectivity index (χ1n) is 6.93. The molecule has 7 heteroatoms. The minimum atomic E-state index is -0.374. The number of hydrogen-bond donors (Lipinski definition) is 1. The second kappa shape index (κ2) is 6.53. The lowest BCUT2D eigenvalue weighted by Gasteiger charge is -2.15. The minimum Gasteiger partial charge on any atom is -0.360 e. The van der Waals surface area contributed by atoms with Gasteiger partial charge in [0.2, 0.25) is 0 Å². The molecule has 0 aliphatic heterocycles. The molecule has 0 fully saturated rings. The number of nitrogens with zero attached hydrogens (tertiary/aromatic N) is 3. The zero-order valence-corrected chi connectivity index (χ0v) is 12.5. The van der Waals surface area contributed by atoms with E-state index in [4.69, 9.17) is 4.52 Å². The highest BCUT2D eigenvalue weighted by Gasteiger charge is 2.08. The molecule has 0 unspecified atom stereocenters. The van der Waals surface area contributed by atoms with Crippen LogP contribution in [-0.2, 0) is 19.5 Å². The van der Waals surface area contributed by atoms with Crippen LogP contribution in [0.25, 0.3) is 0 Å². The van der Waals surface area contributed by atoms with Crippen LogP contribution in [0.3, 0.4) is 0 Å². The van der Waals surface area contributed by atoms with Gasteiger partial charge in [0.05, 0.1) is 12.2 Å². The molecule has 0 spiro atoms. The van der Waals surface area contributed by atoms with E-state index in [1.54, 1.807) is 6.92 Å². The van der Waals surface area contributed by atoms with E-state index < -0.39 is 0 Å². The number of aromatic nitrogens is 3. The van der Waals surface area contributed by atoms with Crippen molar-refractivity contribution >= 4 is 0 Å². The van der Waals surface area contributed by atoms with Crippen molar-refractivity contribution in [2.75, 3.05) is 13.6 Å². The summed E-state index contributed by atoms with van der Waals surface area (Å²) in [5.41, 5.74) is 0.840. The maximum atomic E-state index is 11.8. The summed E-state index contributed by atoms with van der Waals surface area (Å²) in [7, 11) is 1.90. The Morgan fingerprint density at radius 2 is 2.14 bits per heavy atom. The van der Waals surface area contributed by atoms with Gasteiger partial charge in [-0.1, -0.05) is 12.1 Å². The van der Waals surface area contributed by atoms with Crippen molar-refractivity contribution in [3.63, 3.8) is 0 Å². The van der Waals surface area contributed by atoms with Crippen LogP contribution in [0.5, 0.6) is 0 Å². The Morgan fingerprint density at radius 3 is 2.76 bits per heavy atom. The molecule has 0 aliphatic rings. The lowest BCUT2D eigenvalue weighted by molar-refractivity contribution is 0.261. The zero-order valence-electron chi connectivity index (χ0n) is 12.5. The Kier molecular flexibility index (Phi) is 4.74. The van der Waals surface area contributed by atoms with E-state index >= 15 is 0 Å². The molecule has 2 heterocycles. The molecule has 1 N–H and O–H groups in total. The molecule has 0 bridgehead atoms. The molecule has 0 aliphatic carbocycles. The summed E-state index contributed by atoms with van der Waals surface area (Å²) in [4.78, 5) is 28.1. The summed E-state index contributed by atoms with van der Waals surface area (Å²) >= 11 is 0. The van der Waals surface area contributed by atoms with E-state index in [0.29, 0.717) is 25.3 Å². The summed E-state index contributed by atoms with van der Waals surface area (Å²) in [5.74, 6) is 0.777. The van der Waals surface area contributed by atoms with Crippen LogP contribution in [0.1, 0.15) is 24.1 Å². The predicted molar refractivity (Wildman–Crippen MR) is 78.3 cm³/mol. The first-order chi connectivity index (χ1) is 9.99. The van der Waals surface area contributed by atoms with Crippen LogP contribution in [0, 0.1) is 6.92 Å². The lowest BCUT2D eigenvalue weighted by Crippen LogP contribution is -2.38. The maximum absolute atomic E-state index is 11.8. The molecule has 2 aromatic heterocycles. The number of rotatable bonds is 6. The fraction of sp³-hybridized carbons (Fsp3) is 0.500. The SMILES string of the molecule is CCc1cc(CN(C)CCn2c(=O)cc(C)[nH]c2=O)on1. The van der Waals surface area contributed by atoms with Crippen LogP contribution in [-0.4, -0.2) is 33.2 Å². The highest BCUT2D eigenvalue weighted by Crippen LogP contribution is 2.06. The van der Waals surface area contributed by atoms with Gasteiger partial charge in [0.15, 0.2) is 5.76 Å². The zero-order chi connectivity index (χ0) is 15.4. The largest absolute Gasteiger partial charge is 0.360 e. The second-order valence-electron chi connectivity index (χ2n) is 5.12. The van der Waals surface area contributed by atoms with E-state index in [1.807, 2.05) is 24.9 Å². The third-order valence-corrected chi connectivity index (χ3v) is 3.26. The number of likely N-dealkylation sites (N-methyl/N-ethyl adjacent to an activating group) is 1. The van der Waals surface area contributed by atoms with E-state index in [-0.39, 0.29) is 11.2 Å². The molecule has 114 valence electrons. The second-order valence-corrected chi connectivity index (χ2v) is 5.12. The van der Waals surface area contributed by atoms with Crippen LogP contribution < -0.4 is 11.2 Å². The van der Waals surface area contributed by atoms with Gasteiger partial charge < -0.3 is 9.51 Å². The third-order valence-electron chi connectivity index (χ3n) is 3.26. The highest BCUT2D eigenvalue weighted by molar-refractivity contribution is 5.04. The highest BCUT2D eigenvalue weighted by atomic mass is 16.5. The number of aryl methyl sites for hydroxylation is 2. The van der Waals surface area contributed by atoms with Crippen molar-refractivity contribution in [2.24, 2.45) is 0 Å². The number of hydrogen-bond acceptors (Lipinski definition) is 5. The van der Waals surface area contributed by atoms with Crippen LogP contribution >= 0.6 is 0 Å². The molecule has 7 nitrogen and oxygen atoms in total. The molecular weight excluding hydrogens is 272 g/mol. The smallest absolute Gasteiger partial charge is 0.328 e. The monoisotopic (exact) mass is 292 g/mol. The molecule has 0 radical (unpaired) electrons. The Bertz CT molecular complexity index is 682. The van der Waals surface area contributed by atoms with Gasteiger partial charge in [0.25, 0.3) is 5.56 Å². The van der Waals surface area contributed by atoms with E-state index in [2.05, 4.69) is 10.1 Å². The summed E-state index contributed by atoms with van der Waals surface area (Å²) in [6.07, 6.45) is 0.835. The molecule has 0 amide bonds. The van der Waals surface area contributed by atoms with Crippen molar-refractivity contribution in [3.05, 3.63) is 50.1 Å². The summed E-state index contributed by atoms with van der Waals surface area (Å²) in [5, 5.41) is 3.93. The lowest BCUT2D eigenvalue weighted by atomic mass is 10.3. The molecule has 0 saturated heterocycles. The van der Waals surface area contributed by atoms with E-state index in [0.717, 1.165) is 17.9 Å². The average Bonchev–Trinajstić information content (AvgIpc) is 2.85. The van der Waals surface area contributed by atoms with Crippen molar-refractivity contribution in [3.8, 4) is 0 Å². The number of H-pyrrole nitrogens is 1. The molecule has 21 heavy (non-hydrogen) atoms. The summed E-state index contributed by atoms with van der Waals surface area (Å²) < 4.78 is 6.41. The van der Waals surface area contributed by atoms with Gasteiger partial charge in [-0.3, -0.25) is 14.3 Å². The quantitative estimate of drug-likeness (QED) is 0.839. The Morgan fingerprint density at radius 1 is 1.38 bits per heavy atom. The number of aromatic amines is 1. The molecule has 2 rings (SSSR count).